The van der Waals surface area contributed by atoms with E-state index in [9.17, 15) is 13.2 Å². The second kappa shape index (κ2) is 7.21. The van der Waals surface area contributed by atoms with Crippen molar-refractivity contribution in [1.29, 1.82) is 0 Å². The number of hydrogen-bond acceptors (Lipinski definition) is 3. The number of nitrogens with one attached hydrogen (secondary N) is 1. The Labute approximate surface area is 115 Å². The molecule has 19 heavy (non-hydrogen) atoms. The summed E-state index contributed by atoms with van der Waals surface area (Å²) in [6, 6.07) is -0.260. The first-order valence-electron chi connectivity index (χ1n) is 6.83. The fourth-order valence-electron chi connectivity index (χ4n) is 2.32. The molecule has 6 nitrogen and oxygen atoms in total. The van der Waals surface area contributed by atoms with Gasteiger partial charge >= 0.3 is 5.97 Å². The Kier molecular flexibility index (Phi) is 6.22. The van der Waals surface area contributed by atoms with Crippen LogP contribution in [0.3, 0.4) is 0 Å². The summed E-state index contributed by atoms with van der Waals surface area (Å²) >= 11 is 0. The highest BCUT2D eigenvalue weighted by atomic mass is 32.2. The van der Waals surface area contributed by atoms with Crippen LogP contribution in [0.15, 0.2) is 0 Å². The third-order valence-corrected chi connectivity index (χ3v) is 5.21. The summed E-state index contributed by atoms with van der Waals surface area (Å²) in [5.41, 5.74) is 0. The van der Waals surface area contributed by atoms with Crippen molar-refractivity contribution in [2.24, 2.45) is 5.92 Å². The van der Waals surface area contributed by atoms with E-state index in [2.05, 4.69) is 4.72 Å². The molecule has 0 aliphatic heterocycles. The van der Waals surface area contributed by atoms with Gasteiger partial charge < -0.3 is 5.11 Å². The highest BCUT2D eigenvalue weighted by molar-refractivity contribution is 7.87. The molecule has 0 bridgehead atoms. The number of carbonyl (C=O) groups is 1. The van der Waals surface area contributed by atoms with Gasteiger partial charge in [-0.05, 0) is 25.7 Å². The van der Waals surface area contributed by atoms with Gasteiger partial charge in [-0.15, -0.1) is 0 Å². The second-order valence-electron chi connectivity index (χ2n) is 5.20. The monoisotopic (exact) mass is 292 g/mol. The van der Waals surface area contributed by atoms with Gasteiger partial charge in [0.2, 0.25) is 0 Å². The Balaban J connectivity index is 2.55. The molecule has 0 radical (unpaired) electrons. The van der Waals surface area contributed by atoms with Gasteiger partial charge in [0, 0.05) is 19.6 Å². The molecule has 0 amide bonds. The van der Waals surface area contributed by atoms with Crippen LogP contribution in [0.5, 0.6) is 0 Å². The Morgan fingerprint density at radius 3 is 2.68 bits per heavy atom. The van der Waals surface area contributed by atoms with E-state index < -0.39 is 22.1 Å². The number of unbranched alkanes of at least 4 members (excludes halogenated alkanes) is 1. The van der Waals surface area contributed by atoms with Gasteiger partial charge in [0.1, 0.15) is 0 Å². The lowest BCUT2D eigenvalue weighted by Gasteiger charge is -2.29. The molecule has 1 fully saturated rings. The normalized spacial score (nSPS) is 24.6. The number of carboxylic acid groups (broad SMARTS) is 1. The van der Waals surface area contributed by atoms with Crippen molar-refractivity contribution < 1.29 is 18.3 Å². The maximum Gasteiger partial charge on any atom is 0.306 e. The maximum atomic E-state index is 12.0. The third-order valence-electron chi connectivity index (χ3n) is 3.58. The van der Waals surface area contributed by atoms with E-state index in [-0.39, 0.29) is 6.04 Å². The van der Waals surface area contributed by atoms with Crippen LogP contribution in [0.4, 0.5) is 0 Å². The summed E-state index contributed by atoms with van der Waals surface area (Å²) in [6.07, 6.45) is 4.24. The van der Waals surface area contributed by atoms with Crippen LogP contribution < -0.4 is 4.72 Å². The molecule has 1 saturated carbocycles. The molecule has 0 aromatic heterocycles. The quantitative estimate of drug-likeness (QED) is 0.738. The molecule has 1 aliphatic rings. The fourth-order valence-corrected chi connectivity index (χ4v) is 3.51. The Morgan fingerprint density at radius 2 is 2.11 bits per heavy atom. The minimum atomic E-state index is -3.49. The minimum absolute atomic E-state index is 0.260. The predicted octanol–water partition coefficient (Wildman–Crippen LogP) is 1.20. The van der Waals surface area contributed by atoms with Crippen LogP contribution in [-0.2, 0) is 15.0 Å². The van der Waals surface area contributed by atoms with E-state index in [1.54, 1.807) is 7.05 Å². The molecule has 112 valence electrons. The van der Waals surface area contributed by atoms with E-state index in [4.69, 9.17) is 5.11 Å². The van der Waals surface area contributed by atoms with Gasteiger partial charge in [0.25, 0.3) is 10.2 Å². The number of nitrogens with zero attached hydrogens (tertiary/aromatic N) is 1. The first-order valence-corrected chi connectivity index (χ1v) is 8.27. The van der Waals surface area contributed by atoms with Gasteiger partial charge in [-0.3, -0.25) is 4.79 Å². The summed E-state index contributed by atoms with van der Waals surface area (Å²) in [5.74, 6) is -1.26. The fraction of sp³-hybridized carbons (Fsp3) is 0.917. The first kappa shape index (κ1) is 16.4. The molecule has 2 atom stereocenters. The number of hydrogen-bond donors (Lipinski definition) is 2. The van der Waals surface area contributed by atoms with Crippen LogP contribution in [0, 0.1) is 5.92 Å². The van der Waals surface area contributed by atoms with Crippen molar-refractivity contribution in [2.75, 3.05) is 13.6 Å². The van der Waals surface area contributed by atoms with Crippen molar-refractivity contribution in [3.63, 3.8) is 0 Å². The number of carboxylic acids is 1. The highest BCUT2D eigenvalue weighted by Crippen LogP contribution is 2.25. The first-order chi connectivity index (χ1) is 8.86. The van der Waals surface area contributed by atoms with Crippen LogP contribution in [0.25, 0.3) is 0 Å². The largest absolute Gasteiger partial charge is 0.481 e. The van der Waals surface area contributed by atoms with Crippen molar-refractivity contribution in [1.82, 2.24) is 9.03 Å². The maximum absolute atomic E-state index is 12.0. The Morgan fingerprint density at radius 1 is 1.42 bits per heavy atom. The van der Waals surface area contributed by atoms with E-state index in [1.165, 1.54) is 4.31 Å². The van der Waals surface area contributed by atoms with Crippen LogP contribution in [0.1, 0.15) is 45.4 Å². The van der Waals surface area contributed by atoms with Crippen LogP contribution in [0.2, 0.25) is 0 Å². The average Bonchev–Trinajstić information content (AvgIpc) is 2.35. The van der Waals surface area contributed by atoms with Gasteiger partial charge in [0.05, 0.1) is 5.92 Å². The molecular formula is C12H24N2O4S. The van der Waals surface area contributed by atoms with E-state index in [0.29, 0.717) is 25.8 Å². The summed E-state index contributed by atoms with van der Waals surface area (Å²) < 4.78 is 28.0. The molecule has 2 unspecified atom stereocenters. The third kappa shape index (κ3) is 5.08. The Hall–Kier alpha value is -0.660. The standard InChI is InChI=1S/C12H24N2O4S/c1-3-4-8-14(2)19(17,18)13-11-7-5-6-10(9-11)12(15)16/h10-11,13H,3-9H2,1-2H3,(H,15,16). The molecule has 0 heterocycles. The van der Waals surface area contributed by atoms with Crippen molar-refractivity contribution in [3.05, 3.63) is 0 Å². The van der Waals surface area contributed by atoms with Crippen LogP contribution >= 0.6 is 0 Å². The highest BCUT2D eigenvalue weighted by Gasteiger charge is 2.30. The topological polar surface area (TPSA) is 86.7 Å². The zero-order chi connectivity index (χ0) is 14.5. The predicted molar refractivity (Wildman–Crippen MR) is 73.0 cm³/mol. The molecule has 1 aliphatic carbocycles. The Bertz CT molecular complexity index is 397. The summed E-state index contributed by atoms with van der Waals surface area (Å²) in [7, 11) is -1.94. The van der Waals surface area contributed by atoms with Gasteiger partial charge in [-0.2, -0.15) is 17.4 Å². The molecule has 0 aromatic rings. The molecule has 1 rings (SSSR count). The molecule has 7 heteroatoms. The molecule has 0 aromatic carbocycles. The second-order valence-corrected chi connectivity index (χ2v) is 7.01. The average molecular weight is 292 g/mol. The number of rotatable bonds is 7. The molecule has 0 saturated heterocycles. The number of aliphatic carboxylic acids is 1. The van der Waals surface area contributed by atoms with Gasteiger partial charge in [0.15, 0.2) is 0 Å². The minimum Gasteiger partial charge on any atom is -0.481 e. The smallest absolute Gasteiger partial charge is 0.306 e. The lowest BCUT2D eigenvalue weighted by atomic mass is 9.86. The SMILES string of the molecule is CCCCN(C)S(=O)(=O)NC1CCCC(C(=O)O)C1. The van der Waals surface area contributed by atoms with Gasteiger partial charge in [-0.25, -0.2) is 0 Å². The summed E-state index contributed by atoms with van der Waals surface area (Å²) in [6.45, 7) is 2.49. The summed E-state index contributed by atoms with van der Waals surface area (Å²) in [4.78, 5) is 11.0. The lowest BCUT2D eigenvalue weighted by Crippen LogP contribution is -2.46. The zero-order valence-corrected chi connectivity index (χ0v) is 12.4. The zero-order valence-electron chi connectivity index (χ0n) is 11.6. The molecule has 2 N–H and O–H groups in total. The van der Waals surface area contributed by atoms with Gasteiger partial charge in [-0.1, -0.05) is 19.8 Å². The summed E-state index contributed by atoms with van der Waals surface area (Å²) in [5, 5.41) is 8.99. The van der Waals surface area contributed by atoms with E-state index in [0.717, 1.165) is 19.3 Å². The van der Waals surface area contributed by atoms with E-state index >= 15 is 0 Å². The molecular weight excluding hydrogens is 268 g/mol. The van der Waals surface area contributed by atoms with Crippen molar-refractivity contribution in [2.45, 2.75) is 51.5 Å². The van der Waals surface area contributed by atoms with Crippen LogP contribution in [-0.4, -0.2) is 43.4 Å². The van der Waals surface area contributed by atoms with Crippen molar-refractivity contribution in [3.8, 4) is 0 Å². The molecule has 0 spiro atoms. The lowest BCUT2D eigenvalue weighted by molar-refractivity contribution is -0.143. The van der Waals surface area contributed by atoms with E-state index in [1.807, 2.05) is 6.92 Å². The van der Waals surface area contributed by atoms with Crippen molar-refractivity contribution >= 4 is 16.2 Å².